The van der Waals surface area contributed by atoms with Gasteiger partial charge in [-0.3, -0.25) is 0 Å². The van der Waals surface area contributed by atoms with Crippen molar-refractivity contribution >= 4 is 11.3 Å². The largest absolute Gasteiger partial charge is 0.312 e. The Bertz CT molecular complexity index is 357. The van der Waals surface area contributed by atoms with Gasteiger partial charge in [0, 0.05) is 22.8 Å². The monoisotopic (exact) mass is 280 g/mol. The minimum absolute atomic E-state index is 0.718. The van der Waals surface area contributed by atoms with Gasteiger partial charge in [-0.15, -0.1) is 17.9 Å². The fourth-order valence-corrected chi connectivity index (χ4v) is 3.01. The summed E-state index contributed by atoms with van der Waals surface area (Å²) in [5.41, 5.74) is 0. The molecule has 0 fully saturated rings. The number of hydrogen-bond donors (Lipinski definition) is 1. The highest BCUT2D eigenvalue weighted by Crippen LogP contribution is 2.18. The molecule has 1 heterocycles. The molecule has 108 valence electrons. The minimum atomic E-state index is 0.718. The van der Waals surface area contributed by atoms with Crippen LogP contribution in [-0.2, 0) is 13.1 Å². The van der Waals surface area contributed by atoms with Crippen LogP contribution in [0.4, 0.5) is 0 Å². The second-order valence-electron chi connectivity index (χ2n) is 5.56. The van der Waals surface area contributed by atoms with E-state index in [0.717, 1.165) is 38.5 Å². The van der Waals surface area contributed by atoms with Crippen LogP contribution in [0.2, 0.25) is 0 Å². The highest BCUT2D eigenvalue weighted by atomic mass is 32.1. The molecule has 2 nitrogen and oxygen atoms in total. The number of nitrogens with zero attached hydrogens (tertiary/aromatic N) is 1. The maximum Gasteiger partial charge on any atom is 0.0324 e. The first kappa shape index (κ1) is 16.4. The first-order valence-electron chi connectivity index (χ1n) is 7.19. The van der Waals surface area contributed by atoms with Crippen LogP contribution in [0.3, 0.4) is 0 Å². The average molecular weight is 280 g/mol. The molecule has 0 spiro atoms. The zero-order valence-electron chi connectivity index (χ0n) is 12.6. The van der Waals surface area contributed by atoms with Crippen LogP contribution in [0.25, 0.3) is 0 Å². The first-order valence-corrected chi connectivity index (χ1v) is 8.01. The van der Waals surface area contributed by atoms with E-state index >= 15 is 0 Å². The van der Waals surface area contributed by atoms with Crippen molar-refractivity contribution in [1.29, 1.82) is 0 Å². The van der Waals surface area contributed by atoms with E-state index in [4.69, 9.17) is 0 Å². The summed E-state index contributed by atoms with van der Waals surface area (Å²) < 4.78 is 0. The molecule has 0 atom stereocenters. The van der Waals surface area contributed by atoms with Crippen LogP contribution in [0.1, 0.15) is 36.4 Å². The quantitative estimate of drug-likeness (QED) is 0.516. The second kappa shape index (κ2) is 9.29. The van der Waals surface area contributed by atoms with Crippen LogP contribution in [0.15, 0.2) is 24.8 Å². The van der Waals surface area contributed by atoms with E-state index in [0.29, 0.717) is 0 Å². The number of rotatable bonds is 10. The van der Waals surface area contributed by atoms with Gasteiger partial charge in [0.15, 0.2) is 0 Å². The zero-order chi connectivity index (χ0) is 14.1. The standard InChI is InChI=1S/C16H28N2S/c1-5-6-7-10-18(4)13-16-9-8-15(19-16)12-17-11-14(2)3/h5,8-9,14,17H,1,6-7,10-13H2,2-4H3. The summed E-state index contributed by atoms with van der Waals surface area (Å²) in [6.07, 6.45) is 4.31. The van der Waals surface area contributed by atoms with E-state index in [2.05, 4.69) is 49.8 Å². The molecule has 1 aromatic heterocycles. The topological polar surface area (TPSA) is 15.3 Å². The van der Waals surface area contributed by atoms with Gasteiger partial charge in [-0.25, -0.2) is 0 Å². The second-order valence-corrected chi connectivity index (χ2v) is 6.81. The molecule has 19 heavy (non-hydrogen) atoms. The summed E-state index contributed by atoms with van der Waals surface area (Å²) in [6.45, 7) is 12.5. The van der Waals surface area contributed by atoms with Gasteiger partial charge in [-0.2, -0.15) is 0 Å². The molecule has 0 radical (unpaired) electrons. The SMILES string of the molecule is C=CCCCN(C)Cc1ccc(CNCC(C)C)s1. The summed E-state index contributed by atoms with van der Waals surface area (Å²) >= 11 is 1.93. The molecule has 1 rings (SSSR count). The number of allylic oxidation sites excluding steroid dienone is 1. The summed E-state index contributed by atoms with van der Waals surface area (Å²) in [4.78, 5) is 5.29. The molecule has 0 amide bonds. The van der Waals surface area contributed by atoms with Gasteiger partial charge in [-0.1, -0.05) is 19.9 Å². The van der Waals surface area contributed by atoms with Gasteiger partial charge in [-0.05, 0) is 51.0 Å². The van der Waals surface area contributed by atoms with Crippen molar-refractivity contribution in [2.24, 2.45) is 5.92 Å². The maximum atomic E-state index is 3.76. The van der Waals surface area contributed by atoms with Crippen LogP contribution < -0.4 is 5.32 Å². The summed E-state index contributed by atoms with van der Waals surface area (Å²) in [5.74, 6) is 0.718. The van der Waals surface area contributed by atoms with Crippen molar-refractivity contribution < 1.29 is 0 Å². The molecule has 0 aliphatic carbocycles. The molecule has 0 aliphatic rings. The van der Waals surface area contributed by atoms with E-state index < -0.39 is 0 Å². The molecular formula is C16H28N2S. The molecule has 3 heteroatoms. The number of thiophene rings is 1. The summed E-state index contributed by atoms with van der Waals surface area (Å²) in [7, 11) is 2.19. The third-order valence-corrected chi connectivity index (χ3v) is 4.01. The number of nitrogens with one attached hydrogen (secondary N) is 1. The molecule has 0 saturated heterocycles. The Morgan fingerprint density at radius 1 is 1.37 bits per heavy atom. The molecule has 0 saturated carbocycles. The summed E-state index contributed by atoms with van der Waals surface area (Å²) in [5, 5.41) is 3.50. The van der Waals surface area contributed by atoms with Gasteiger partial charge in [0.05, 0.1) is 0 Å². The Morgan fingerprint density at radius 2 is 2.11 bits per heavy atom. The number of unbranched alkanes of at least 4 members (excludes halogenated alkanes) is 1. The van der Waals surface area contributed by atoms with Gasteiger partial charge in [0.2, 0.25) is 0 Å². The van der Waals surface area contributed by atoms with E-state index in [1.54, 1.807) is 0 Å². The third-order valence-electron chi connectivity index (χ3n) is 2.94. The van der Waals surface area contributed by atoms with Gasteiger partial charge < -0.3 is 10.2 Å². The third kappa shape index (κ3) is 7.51. The Balaban J connectivity index is 2.27. The van der Waals surface area contributed by atoms with Gasteiger partial charge in [0.1, 0.15) is 0 Å². The Morgan fingerprint density at radius 3 is 2.79 bits per heavy atom. The van der Waals surface area contributed by atoms with Gasteiger partial charge >= 0.3 is 0 Å². The Kier molecular flexibility index (Phi) is 8.03. The Labute approximate surface area is 122 Å². The lowest BCUT2D eigenvalue weighted by atomic mass is 10.2. The Hall–Kier alpha value is -0.640. The zero-order valence-corrected chi connectivity index (χ0v) is 13.4. The van der Waals surface area contributed by atoms with E-state index in [-0.39, 0.29) is 0 Å². The lowest BCUT2D eigenvalue weighted by Gasteiger charge is -2.14. The van der Waals surface area contributed by atoms with Crippen molar-refractivity contribution in [2.45, 2.75) is 39.8 Å². The van der Waals surface area contributed by atoms with Crippen LogP contribution in [0, 0.1) is 5.92 Å². The van der Waals surface area contributed by atoms with E-state index in [1.807, 2.05) is 17.4 Å². The minimum Gasteiger partial charge on any atom is -0.312 e. The molecule has 0 unspecified atom stereocenters. The molecule has 0 aliphatic heterocycles. The predicted molar refractivity (Wildman–Crippen MR) is 86.6 cm³/mol. The highest BCUT2D eigenvalue weighted by Gasteiger charge is 2.04. The smallest absolute Gasteiger partial charge is 0.0324 e. The van der Waals surface area contributed by atoms with E-state index in [9.17, 15) is 0 Å². The molecule has 1 N–H and O–H groups in total. The fraction of sp³-hybridized carbons (Fsp3) is 0.625. The highest BCUT2D eigenvalue weighted by molar-refractivity contribution is 7.11. The summed E-state index contributed by atoms with van der Waals surface area (Å²) in [6, 6.07) is 4.52. The van der Waals surface area contributed by atoms with Crippen molar-refractivity contribution in [3.8, 4) is 0 Å². The van der Waals surface area contributed by atoms with Crippen molar-refractivity contribution in [3.05, 3.63) is 34.5 Å². The first-order chi connectivity index (χ1) is 9.11. The van der Waals surface area contributed by atoms with Crippen LogP contribution in [-0.4, -0.2) is 25.0 Å². The normalized spacial score (nSPS) is 11.4. The predicted octanol–water partition coefficient (Wildman–Crippen LogP) is 3.89. The molecule has 1 aromatic rings. The van der Waals surface area contributed by atoms with Gasteiger partial charge in [0.25, 0.3) is 0 Å². The van der Waals surface area contributed by atoms with Crippen LogP contribution >= 0.6 is 11.3 Å². The van der Waals surface area contributed by atoms with Crippen molar-refractivity contribution in [3.63, 3.8) is 0 Å². The molecule has 0 aromatic carbocycles. The molecule has 0 bridgehead atoms. The van der Waals surface area contributed by atoms with Crippen molar-refractivity contribution in [1.82, 2.24) is 10.2 Å². The maximum absolute atomic E-state index is 3.76. The fourth-order valence-electron chi connectivity index (χ4n) is 1.94. The molecular weight excluding hydrogens is 252 g/mol. The lowest BCUT2D eigenvalue weighted by molar-refractivity contribution is 0.326. The van der Waals surface area contributed by atoms with Crippen LogP contribution in [0.5, 0.6) is 0 Å². The average Bonchev–Trinajstić information content (AvgIpc) is 2.76. The van der Waals surface area contributed by atoms with Crippen molar-refractivity contribution in [2.75, 3.05) is 20.1 Å². The lowest BCUT2D eigenvalue weighted by Crippen LogP contribution is -2.18. The number of hydrogen-bond acceptors (Lipinski definition) is 3. The van der Waals surface area contributed by atoms with E-state index in [1.165, 1.54) is 16.2 Å².